The first-order valence-corrected chi connectivity index (χ1v) is 8.04. The van der Waals surface area contributed by atoms with Crippen molar-refractivity contribution in [2.75, 3.05) is 0 Å². The molecule has 0 aromatic heterocycles. The Morgan fingerprint density at radius 1 is 0.955 bits per heavy atom. The van der Waals surface area contributed by atoms with Crippen LogP contribution in [-0.4, -0.2) is 6.04 Å². The highest BCUT2D eigenvalue weighted by atomic mass is 15.1. The van der Waals surface area contributed by atoms with Gasteiger partial charge in [0, 0.05) is 5.56 Å². The van der Waals surface area contributed by atoms with Gasteiger partial charge in [-0.1, -0.05) is 42.0 Å². The van der Waals surface area contributed by atoms with Crippen LogP contribution >= 0.6 is 0 Å². The summed E-state index contributed by atoms with van der Waals surface area (Å²) in [4.78, 5) is 0. The van der Waals surface area contributed by atoms with Gasteiger partial charge in [0.2, 0.25) is 0 Å². The number of hydrogen-bond acceptors (Lipinski definition) is 2. The average molecular weight is 288 g/mol. The van der Waals surface area contributed by atoms with Crippen LogP contribution in [0.2, 0.25) is 0 Å². The maximum atomic E-state index is 4.63. The van der Waals surface area contributed by atoms with Crippen molar-refractivity contribution in [2.24, 2.45) is 10.2 Å². The zero-order chi connectivity index (χ0) is 15.1. The summed E-state index contributed by atoms with van der Waals surface area (Å²) in [5, 5.41) is 9.19. The van der Waals surface area contributed by atoms with E-state index >= 15 is 0 Å². The molecule has 1 saturated carbocycles. The Hall–Kier alpha value is -2.22. The lowest BCUT2D eigenvalue weighted by atomic mass is 9.89. The molecule has 0 spiro atoms. The lowest BCUT2D eigenvalue weighted by Crippen LogP contribution is -2.02. The minimum atomic E-state index is 0.268. The molecule has 0 radical (unpaired) electrons. The zero-order valence-corrected chi connectivity index (χ0v) is 13.1. The minimum absolute atomic E-state index is 0.268. The molecule has 1 atom stereocenters. The molecule has 2 aromatic carbocycles. The first kappa shape index (κ1) is 13.4. The fourth-order valence-electron chi connectivity index (χ4n) is 3.55. The summed E-state index contributed by atoms with van der Waals surface area (Å²) >= 11 is 0. The molecule has 110 valence electrons. The molecule has 0 bridgehead atoms. The fraction of sp³-hybridized carbons (Fsp3) is 0.300. The van der Waals surface area contributed by atoms with E-state index in [9.17, 15) is 0 Å². The highest BCUT2D eigenvalue weighted by Gasteiger charge is 2.28. The predicted molar refractivity (Wildman–Crippen MR) is 90.5 cm³/mol. The minimum Gasteiger partial charge on any atom is -0.181 e. The van der Waals surface area contributed by atoms with Gasteiger partial charge in [-0.3, -0.25) is 0 Å². The molecule has 2 heteroatoms. The topological polar surface area (TPSA) is 24.7 Å². The van der Waals surface area contributed by atoms with E-state index in [1.165, 1.54) is 39.8 Å². The molecule has 0 N–H and O–H groups in total. The van der Waals surface area contributed by atoms with Crippen molar-refractivity contribution in [2.45, 2.75) is 39.2 Å². The Bertz CT molecular complexity index is 782. The maximum absolute atomic E-state index is 4.63. The molecule has 22 heavy (non-hydrogen) atoms. The molecule has 1 fully saturated rings. The molecular weight excluding hydrogens is 268 g/mol. The van der Waals surface area contributed by atoms with E-state index in [0.29, 0.717) is 0 Å². The smallest absolute Gasteiger partial charge is 0.0933 e. The highest BCUT2D eigenvalue weighted by Crippen LogP contribution is 2.43. The Kier molecular flexibility index (Phi) is 3.18. The summed E-state index contributed by atoms with van der Waals surface area (Å²) in [5.74, 6) is 0. The third kappa shape index (κ3) is 2.19. The van der Waals surface area contributed by atoms with E-state index in [1.807, 2.05) is 0 Å². The first-order chi connectivity index (χ1) is 10.7. The van der Waals surface area contributed by atoms with Gasteiger partial charge in [0.05, 0.1) is 11.7 Å². The molecule has 0 amide bonds. The molecular formula is C20H20N2. The molecule has 1 aliphatic carbocycles. The Balaban J connectivity index is 1.98. The van der Waals surface area contributed by atoms with Crippen molar-refractivity contribution in [3.05, 3.63) is 70.3 Å². The van der Waals surface area contributed by atoms with Crippen molar-refractivity contribution in [1.82, 2.24) is 0 Å². The van der Waals surface area contributed by atoms with Crippen molar-refractivity contribution < 1.29 is 0 Å². The zero-order valence-electron chi connectivity index (χ0n) is 13.1. The molecule has 1 aliphatic heterocycles. The summed E-state index contributed by atoms with van der Waals surface area (Å²) in [5.41, 5.74) is 8.90. The summed E-state index contributed by atoms with van der Waals surface area (Å²) < 4.78 is 0. The maximum Gasteiger partial charge on any atom is 0.0933 e. The van der Waals surface area contributed by atoms with Gasteiger partial charge in [0.25, 0.3) is 0 Å². The Morgan fingerprint density at radius 2 is 1.73 bits per heavy atom. The molecule has 0 saturated heterocycles. The van der Waals surface area contributed by atoms with Gasteiger partial charge in [-0.25, -0.2) is 0 Å². The van der Waals surface area contributed by atoms with E-state index < -0.39 is 0 Å². The number of fused-ring (bicyclic) bond motifs is 2. The number of hydrogen-bond donors (Lipinski definition) is 0. The molecule has 4 rings (SSSR count). The van der Waals surface area contributed by atoms with Crippen LogP contribution in [0.15, 0.2) is 58.3 Å². The van der Waals surface area contributed by atoms with Crippen LogP contribution in [0.25, 0.3) is 5.57 Å². The van der Waals surface area contributed by atoms with Crippen molar-refractivity contribution in [3.63, 3.8) is 0 Å². The fourth-order valence-corrected chi connectivity index (χ4v) is 3.55. The standard InChI is InChI=1S/C20H20N2/c1-13-6-9-15(10-7-13)20-16-4-3-5-18(16)21-22-19-12-14(2)8-11-17(19)20/h6-12,18H,3-5H2,1-2H3/t18-/m0/s1. The molecule has 2 aromatic rings. The van der Waals surface area contributed by atoms with Crippen LogP contribution < -0.4 is 0 Å². The largest absolute Gasteiger partial charge is 0.181 e. The second kappa shape index (κ2) is 5.20. The molecule has 0 unspecified atom stereocenters. The lowest BCUT2D eigenvalue weighted by molar-refractivity contribution is 0.740. The third-order valence-corrected chi connectivity index (χ3v) is 4.71. The molecule has 2 nitrogen and oxygen atoms in total. The van der Waals surface area contributed by atoms with Gasteiger partial charge in [0.1, 0.15) is 0 Å². The SMILES string of the molecule is Cc1ccc(C2=C3CCC[C@@H]3N=Nc3cc(C)ccc32)cc1. The Labute approximate surface area is 131 Å². The number of azo groups is 1. The van der Waals surface area contributed by atoms with E-state index in [4.69, 9.17) is 0 Å². The van der Waals surface area contributed by atoms with Gasteiger partial charge in [-0.2, -0.15) is 10.2 Å². The van der Waals surface area contributed by atoms with Gasteiger partial charge in [-0.05, 0) is 61.4 Å². The average Bonchev–Trinajstić information content (AvgIpc) is 2.92. The summed E-state index contributed by atoms with van der Waals surface area (Å²) in [6.07, 6.45) is 3.48. The molecule has 2 aliphatic rings. The van der Waals surface area contributed by atoms with Crippen LogP contribution in [0.3, 0.4) is 0 Å². The van der Waals surface area contributed by atoms with E-state index in [-0.39, 0.29) is 6.04 Å². The third-order valence-electron chi connectivity index (χ3n) is 4.71. The van der Waals surface area contributed by atoms with Gasteiger partial charge >= 0.3 is 0 Å². The summed E-state index contributed by atoms with van der Waals surface area (Å²) in [6, 6.07) is 15.7. The van der Waals surface area contributed by atoms with Crippen LogP contribution in [-0.2, 0) is 0 Å². The highest BCUT2D eigenvalue weighted by molar-refractivity contribution is 5.88. The lowest BCUT2D eigenvalue weighted by Gasteiger charge is -2.15. The summed E-state index contributed by atoms with van der Waals surface area (Å²) in [7, 11) is 0. The van der Waals surface area contributed by atoms with Crippen LogP contribution in [0.1, 0.15) is 41.5 Å². The quantitative estimate of drug-likeness (QED) is 0.638. The number of aryl methyl sites for hydroxylation is 2. The van der Waals surface area contributed by atoms with E-state index in [2.05, 4.69) is 66.5 Å². The summed E-state index contributed by atoms with van der Waals surface area (Å²) in [6.45, 7) is 4.25. The van der Waals surface area contributed by atoms with Gasteiger partial charge < -0.3 is 0 Å². The number of nitrogens with zero attached hydrogens (tertiary/aromatic N) is 2. The first-order valence-electron chi connectivity index (χ1n) is 8.04. The predicted octanol–water partition coefficient (Wildman–Crippen LogP) is 5.76. The van der Waals surface area contributed by atoms with Gasteiger partial charge in [0.15, 0.2) is 0 Å². The van der Waals surface area contributed by atoms with E-state index in [1.54, 1.807) is 0 Å². The van der Waals surface area contributed by atoms with E-state index in [0.717, 1.165) is 18.5 Å². The monoisotopic (exact) mass is 288 g/mol. The van der Waals surface area contributed by atoms with Crippen molar-refractivity contribution >= 4 is 11.3 Å². The second-order valence-electron chi connectivity index (χ2n) is 6.41. The van der Waals surface area contributed by atoms with Crippen LogP contribution in [0.5, 0.6) is 0 Å². The normalized spacial score (nSPS) is 19.8. The van der Waals surface area contributed by atoms with Crippen LogP contribution in [0.4, 0.5) is 5.69 Å². The van der Waals surface area contributed by atoms with Crippen molar-refractivity contribution in [1.29, 1.82) is 0 Å². The second-order valence-corrected chi connectivity index (χ2v) is 6.41. The van der Waals surface area contributed by atoms with Crippen LogP contribution in [0, 0.1) is 13.8 Å². The molecule has 1 heterocycles. The Morgan fingerprint density at radius 3 is 2.55 bits per heavy atom. The number of benzene rings is 2. The number of rotatable bonds is 1. The van der Waals surface area contributed by atoms with Gasteiger partial charge in [-0.15, -0.1) is 0 Å². The van der Waals surface area contributed by atoms with Crippen molar-refractivity contribution in [3.8, 4) is 0 Å².